The summed E-state index contributed by atoms with van der Waals surface area (Å²) in [5.41, 5.74) is 0.866. The first-order valence-corrected chi connectivity index (χ1v) is 12.1. The Bertz CT molecular complexity index is 891. The van der Waals surface area contributed by atoms with Gasteiger partial charge in [-0.1, -0.05) is 6.92 Å². The van der Waals surface area contributed by atoms with Crippen molar-refractivity contribution in [3.63, 3.8) is 0 Å². The lowest BCUT2D eigenvalue weighted by Gasteiger charge is -2.36. The van der Waals surface area contributed by atoms with Crippen molar-refractivity contribution in [3.8, 4) is 5.75 Å². The number of benzene rings is 1. The minimum Gasteiger partial charge on any atom is -0.491 e. The van der Waals surface area contributed by atoms with Crippen LogP contribution in [0.2, 0.25) is 0 Å². The highest BCUT2D eigenvalue weighted by molar-refractivity contribution is 5.98. The van der Waals surface area contributed by atoms with Crippen molar-refractivity contribution in [2.45, 2.75) is 65.8 Å². The molecule has 1 aromatic rings. The van der Waals surface area contributed by atoms with E-state index in [4.69, 9.17) is 9.47 Å². The molecule has 196 valence electrons. The summed E-state index contributed by atoms with van der Waals surface area (Å²) in [4.78, 5) is 41.8. The second kappa shape index (κ2) is 12.6. The Morgan fingerprint density at radius 1 is 1.09 bits per heavy atom. The Morgan fingerprint density at radius 2 is 1.74 bits per heavy atom. The number of hydrogen-bond donors (Lipinski definition) is 3. The summed E-state index contributed by atoms with van der Waals surface area (Å²) in [5, 5.41) is 8.50. The molecule has 1 heterocycles. The molecule has 3 atom stereocenters. The third-order valence-electron chi connectivity index (χ3n) is 5.80. The molecular weight excluding hydrogens is 450 g/mol. The van der Waals surface area contributed by atoms with Crippen LogP contribution in [-0.2, 0) is 4.74 Å². The van der Waals surface area contributed by atoms with Crippen LogP contribution in [0.5, 0.6) is 5.75 Å². The zero-order valence-electron chi connectivity index (χ0n) is 22.2. The average Bonchev–Trinajstić information content (AvgIpc) is 2.76. The van der Waals surface area contributed by atoms with Crippen molar-refractivity contribution < 1.29 is 23.9 Å². The molecule has 0 unspecified atom stereocenters. The molecular formula is C25H41N5O5. The summed E-state index contributed by atoms with van der Waals surface area (Å²) in [6.07, 6.45) is -0.269. The summed E-state index contributed by atoms with van der Waals surface area (Å²) in [5.74, 6) is 0.0958. The fraction of sp³-hybridized carbons (Fsp3) is 0.640. The quantitative estimate of drug-likeness (QED) is 0.599. The largest absolute Gasteiger partial charge is 0.491 e. The zero-order valence-corrected chi connectivity index (χ0v) is 22.2. The molecule has 1 aliphatic rings. The Hall–Kier alpha value is -3.01. The van der Waals surface area contributed by atoms with E-state index in [0.29, 0.717) is 30.1 Å². The molecule has 0 aliphatic carbocycles. The molecule has 0 radical (unpaired) electrons. The lowest BCUT2D eigenvalue weighted by atomic mass is 10.0. The molecule has 10 nitrogen and oxygen atoms in total. The third kappa shape index (κ3) is 8.02. The summed E-state index contributed by atoms with van der Waals surface area (Å²) in [6, 6.07) is 4.10. The van der Waals surface area contributed by atoms with Crippen LogP contribution in [0.3, 0.4) is 0 Å². The van der Waals surface area contributed by atoms with Crippen molar-refractivity contribution in [1.29, 1.82) is 0 Å². The van der Waals surface area contributed by atoms with Gasteiger partial charge in [-0.3, -0.25) is 4.79 Å². The fourth-order valence-electron chi connectivity index (χ4n) is 3.89. The molecule has 10 heteroatoms. The normalized spacial score (nSPS) is 21.5. The average molecular weight is 492 g/mol. The second-order valence-corrected chi connectivity index (χ2v) is 9.82. The van der Waals surface area contributed by atoms with Gasteiger partial charge in [0.15, 0.2) is 0 Å². The van der Waals surface area contributed by atoms with E-state index in [2.05, 4.69) is 16.0 Å². The number of likely N-dealkylation sites (N-methyl/N-ethyl adjacent to an activating group) is 1. The number of fused-ring (bicyclic) bond motifs is 1. The molecule has 0 saturated heterocycles. The van der Waals surface area contributed by atoms with Crippen molar-refractivity contribution in [2.24, 2.45) is 5.92 Å². The van der Waals surface area contributed by atoms with Gasteiger partial charge in [0.05, 0.1) is 17.7 Å². The van der Waals surface area contributed by atoms with Crippen LogP contribution < -0.4 is 20.7 Å². The van der Waals surface area contributed by atoms with Crippen molar-refractivity contribution >= 4 is 23.7 Å². The second-order valence-electron chi connectivity index (χ2n) is 9.82. The standard InChI is InChI=1S/C25H41N5O5/c1-15(2)26-24(32)28-19-9-10-20-21(11-19)35-14-18(6)30(25(33)27-16(3)4)12-17(5)22(34-8)13-29(7)23(20)31/h9-11,15-18,22H,12-14H2,1-8H3,(H,27,33)(H2,26,28,32)/t17-,18-,22-/m0/s1. The van der Waals surface area contributed by atoms with E-state index >= 15 is 0 Å². The molecule has 1 aromatic carbocycles. The number of carbonyl (C=O) groups excluding carboxylic acids is 3. The van der Waals surface area contributed by atoms with Crippen molar-refractivity contribution in [2.75, 3.05) is 39.2 Å². The highest BCUT2D eigenvalue weighted by Gasteiger charge is 2.30. The van der Waals surface area contributed by atoms with Crippen LogP contribution in [0.1, 0.15) is 51.9 Å². The third-order valence-corrected chi connectivity index (χ3v) is 5.80. The van der Waals surface area contributed by atoms with Crippen LogP contribution >= 0.6 is 0 Å². The molecule has 2 rings (SSSR count). The molecule has 0 fully saturated rings. The van der Waals surface area contributed by atoms with E-state index in [1.807, 2.05) is 41.5 Å². The van der Waals surface area contributed by atoms with Gasteiger partial charge in [-0.15, -0.1) is 0 Å². The maximum absolute atomic E-state index is 13.3. The van der Waals surface area contributed by atoms with Crippen molar-refractivity contribution in [3.05, 3.63) is 23.8 Å². The van der Waals surface area contributed by atoms with Gasteiger partial charge in [0.2, 0.25) is 0 Å². The van der Waals surface area contributed by atoms with Crippen LogP contribution in [0, 0.1) is 5.92 Å². The molecule has 0 aromatic heterocycles. The Balaban J connectivity index is 2.42. The van der Waals surface area contributed by atoms with Gasteiger partial charge in [0.25, 0.3) is 5.91 Å². The van der Waals surface area contributed by atoms with E-state index < -0.39 is 0 Å². The first kappa shape index (κ1) is 28.2. The van der Waals surface area contributed by atoms with Gasteiger partial charge in [0.1, 0.15) is 12.4 Å². The van der Waals surface area contributed by atoms with E-state index in [-0.39, 0.29) is 54.7 Å². The van der Waals surface area contributed by atoms with Gasteiger partial charge in [0, 0.05) is 57.0 Å². The number of rotatable bonds is 4. The number of ether oxygens (including phenoxy) is 2. The first-order chi connectivity index (χ1) is 16.4. The zero-order chi connectivity index (χ0) is 26.3. The maximum atomic E-state index is 13.3. The van der Waals surface area contributed by atoms with Gasteiger partial charge >= 0.3 is 12.1 Å². The fourth-order valence-corrected chi connectivity index (χ4v) is 3.89. The number of amides is 5. The summed E-state index contributed by atoms with van der Waals surface area (Å²) < 4.78 is 11.8. The minimum atomic E-state index is -0.349. The summed E-state index contributed by atoms with van der Waals surface area (Å²) >= 11 is 0. The van der Waals surface area contributed by atoms with Gasteiger partial charge in [-0.2, -0.15) is 0 Å². The Kier molecular flexibility index (Phi) is 10.2. The van der Waals surface area contributed by atoms with Crippen LogP contribution in [-0.4, -0.2) is 85.9 Å². The molecule has 0 saturated carbocycles. The van der Waals surface area contributed by atoms with E-state index in [1.54, 1.807) is 42.2 Å². The van der Waals surface area contributed by atoms with Crippen molar-refractivity contribution in [1.82, 2.24) is 20.4 Å². The Morgan fingerprint density at radius 3 is 2.34 bits per heavy atom. The number of nitrogens with zero attached hydrogens (tertiary/aromatic N) is 2. The SMILES string of the molecule is CO[C@H]1CN(C)C(=O)c2ccc(NC(=O)NC(C)C)cc2OC[C@H](C)N(C(=O)NC(C)C)C[C@@H]1C. The highest BCUT2D eigenvalue weighted by Crippen LogP contribution is 2.27. The molecule has 35 heavy (non-hydrogen) atoms. The first-order valence-electron chi connectivity index (χ1n) is 12.1. The minimum absolute atomic E-state index is 0.0133. The molecule has 0 spiro atoms. The number of nitrogens with one attached hydrogen (secondary N) is 3. The maximum Gasteiger partial charge on any atom is 0.319 e. The number of methoxy groups -OCH3 is 1. The van der Waals surface area contributed by atoms with Gasteiger partial charge in [-0.05, 0) is 46.8 Å². The molecule has 0 bridgehead atoms. The monoisotopic (exact) mass is 491 g/mol. The van der Waals surface area contributed by atoms with E-state index in [0.717, 1.165) is 0 Å². The van der Waals surface area contributed by atoms with Crippen LogP contribution in [0.15, 0.2) is 18.2 Å². The number of anilines is 1. The molecule has 1 aliphatic heterocycles. The Labute approximate surface area is 208 Å². The predicted molar refractivity (Wildman–Crippen MR) is 136 cm³/mol. The smallest absolute Gasteiger partial charge is 0.319 e. The molecule has 5 amide bonds. The van der Waals surface area contributed by atoms with E-state index in [1.165, 1.54) is 0 Å². The number of hydrogen-bond acceptors (Lipinski definition) is 5. The van der Waals surface area contributed by atoms with Gasteiger partial charge < -0.3 is 35.2 Å². The summed E-state index contributed by atoms with van der Waals surface area (Å²) in [7, 11) is 3.33. The van der Waals surface area contributed by atoms with Crippen LogP contribution in [0.4, 0.5) is 15.3 Å². The topological polar surface area (TPSA) is 112 Å². The van der Waals surface area contributed by atoms with Crippen LogP contribution in [0.25, 0.3) is 0 Å². The lowest BCUT2D eigenvalue weighted by molar-refractivity contribution is 0.0165. The number of carbonyl (C=O) groups is 3. The predicted octanol–water partition coefficient (Wildman–Crippen LogP) is 3.14. The van der Waals surface area contributed by atoms with E-state index in [9.17, 15) is 14.4 Å². The highest BCUT2D eigenvalue weighted by atomic mass is 16.5. The lowest BCUT2D eigenvalue weighted by Crippen LogP contribution is -2.52. The number of urea groups is 2. The molecule has 3 N–H and O–H groups in total. The van der Waals surface area contributed by atoms with Gasteiger partial charge in [-0.25, -0.2) is 9.59 Å². The summed E-state index contributed by atoms with van der Waals surface area (Å²) in [6.45, 7) is 12.4.